The zero-order chi connectivity index (χ0) is 16.2. The predicted molar refractivity (Wildman–Crippen MR) is 81.9 cm³/mol. The lowest BCUT2D eigenvalue weighted by Crippen LogP contribution is -2.41. The molecule has 3 N–H and O–H groups in total. The van der Waals surface area contributed by atoms with Crippen molar-refractivity contribution < 1.29 is 14.6 Å². The van der Waals surface area contributed by atoms with Crippen molar-refractivity contribution >= 4 is 0 Å². The third kappa shape index (κ3) is 4.68. The summed E-state index contributed by atoms with van der Waals surface area (Å²) in [5, 5.41) is 19.9. The van der Waals surface area contributed by atoms with E-state index in [0.717, 1.165) is 21.6 Å². The molecule has 0 fully saturated rings. The lowest BCUT2D eigenvalue weighted by Gasteiger charge is -2.16. The second kappa shape index (κ2) is 6.72. The Morgan fingerprint density at radius 2 is 2.18 bits per heavy atom. The Morgan fingerprint density at radius 1 is 1.41 bits per heavy atom. The van der Waals surface area contributed by atoms with Crippen LogP contribution in [-0.4, -0.2) is 15.6 Å². The topological polar surface area (TPSA) is 95.3 Å². The summed E-state index contributed by atoms with van der Waals surface area (Å²) in [6.45, 7) is 4.51. The minimum Gasteiger partial charge on any atom is -0.618 e. The van der Waals surface area contributed by atoms with Crippen LogP contribution in [0, 0.1) is 5.21 Å². The highest BCUT2D eigenvalue weighted by atomic mass is 16.5. The van der Waals surface area contributed by atoms with Gasteiger partial charge in [0.1, 0.15) is 12.4 Å². The van der Waals surface area contributed by atoms with Gasteiger partial charge >= 0.3 is 0 Å². The summed E-state index contributed by atoms with van der Waals surface area (Å²) in [4.78, 5) is 3.85. The van der Waals surface area contributed by atoms with Crippen molar-refractivity contribution in [2.24, 2.45) is 5.73 Å². The van der Waals surface area contributed by atoms with Crippen molar-refractivity contribution in [2.45, 2.75) is 39.0 Å². The van der Waals surface area contributed by atoms with Gasteiger partial charge in [-0.1, -0.05) is 0 Å². The summed E-state index contributed by atoms with van der Waals surface area (Å²) >= 11 is 0. The fourth-order valence-corrected chi connectivity index (χ4v) is 2.12. The van der Waals surface area contributed by atoms with Crippen LogP contribution in [0.3, 0.4) is 0 Å². The number of hydrogen-bond acceptors (Lipinski definition) is 5. The van der Waals surface area contributed by atoms with Crippen LogP contribution in [0.25, 0.3) is 0 Å². The number of aromatic nitrogens is 2. The van der Waals surface area contributed by atoms with Crippen LogP contribution in [0.5, 0.6) is 5.75 Å². The van der Waals surface area contributed by atoms with Crippen LogP contribution in [-0.2, 0) is 19.6 Å². The fraction of sp³-hybridized carbons (Fsp3) is 0.375. The van der Waals surface area contributed by atoms with Crippen molar-refractivity contribution in [1.82, 2.24) is 4.98 Å². The van der Waals surface area contributed by atoms with E-state index in [9.17, 15) is 5.21 Å². The van der Waals surface area contributed by atoms with Crippen LogP contribution in [0.4, 0.5) is 0 Å². The third-order valence-electron chi connectivity index (χ3n) is 3.05. The SMILES string of the molecule is CC(C)(N)Cc1cncc[n+]1[O-].OCc1cc2cc(c1)OC2. The Kier molecular flexibility index (Phi) is 4.95. The van der Waals surface area contributed by atoms with Crippen LogP contribution in [0.2, 0.25) is 0 Å². The number of fused-ring (bicyclic) bond motifs is 2. The highest BCUT2D eigenvalue weighted by molar-refractivity contribution is 5.37. The lowest BCUT2D eigenvalue weighted by atomic mass is 10.0. The van der Waals surface area contributed by atoms with Gasteiger partial charge in [-0.15, -0.1) is 0 Å². The highest BCUT2D eigenvalue weighted by Crippen LogP contribution is 2.24. The number of aliphatic hydroxyl groups is 1. The molecular weight excluding hydrogens is 282 g/mol. The molecule has 0 saturated carbocycles. The largest absolute Gasteiger partial charge is 0.618 e. The summed E-state index contributed by atoms with van der Waals surface area (Å²) < 4.78 is 6.01. The second-order valence-electron chi connectivity index (χ2n) is 5.99. The first-order chi connectivity index (χ1) is 10.4. The van der Waals surface area contributed by atoms with Crippen LogP contribution in [0.15, 0.2) is 36.8 Å². The summed E-state index contributed by atoms with van der Waals surface area (Å²) in [6.07, 6.45) is 4.91. The number of nitrogens with zero attached hydrogens (tertiary/aromatic N) is 2. The first-order valence-corrected chi connectivity index (χ1v) is 7.05. The summed E-state index contributed by atoms with van der Waals surface area (Å²) in [5.41, 5.74) is 8.08. The molecule has 2 bridgehead atoms. The molecule has 1 aliphatic heterocycles. The lowest BCUT2D eigenvalue weighted by molar-refractivity contribution is -0.615. The van der Waals surface area contributed by atoms with Crippen LogP contribution in [0.1, 0.15) is 30.7 Å². The maximum absolute atomic E-state index is 11.1. The van der Waals surface area contributed by atoms with Gasteiger partial charge in [-0.25, -0.2) is 0 Å². The van der Waals surface area contributed by atoms with Gasteiger partial charge in [0.05, 0.1) is 25.4 Å². The van der Waals surface area contributed by atoms with E-state index in [-0.39, 0.29) is 12.1 Å². The van der Waals surface area contributed by atoms with E-state index in [2.05, 4.69) is 4.98 Å². The molecule has 0 unspecified atom stereocenters. The minimum absolute atomic E-state index is 0.101. The number of hydrogen-bond donors (Lipinski definition) is 2. The molecule has 0 atom stereocenters. The number of nitrogens with two attached hydrogens (primary N) is 1. The first kappa shape index (κ1) is 16.2. The van der Waals surface area contributed by atoms with Gasteiger partial charge in [0, 0.05) is 5.54 Å². The average molecular weight is 303 g/mol. The first-order valence-electron chi connectivity index (χ1n) is 7.05. The molecule has 0 aliphatic carbocycles. The quantitative estimate of drug-likeness (QED) is 0.653. The molecule has 0 spiro atoms. The normalized spacial score (nSPS) is 12.4. The second-order valence-corrected chi connectivity index (χ2v) is 5.99. The maximum Gasteiger partial charge on any atom is 0.212 e. The summed E-state index contributed by atoms with van der Waals surface area (Å²) in [6, 6.07) is 5.80. The zero-order valence-electron chi connectivity index (χ0n) is 12.8. The molecule has 118 valence electrons. The molecule has 2 heterocycles. The van der Waals surface area contributed by atoms with E-state index < -0.39 is 0 Å². The van der Waals surface area contributed by atoms with Crippen molar-refractivity contribution in [3.8, 4) is 5.75 Å². The molecule has 0 radical (unpaired) electrons. The van der Waals surface area contributed by atoms with Crippen molar-refractivity contribution in [3.05, 3.63) is 58.8 Å². The number of aliphatic hydroxyl groups excluding tert-OH is 1. The maximum atomic E-state index is 11.1. The highest BCUT2D eigenvalue weighted by Gasteiger charge is 2.17. The van der Waals surface area contributed by atoms with Crippen molar-refractivity contribution in [1.29, 1.82) is 0 Å². The molecule has 6 heteroatoms. The van der Waals surface area contributed by atoms with Gasteiger partial charge in [-0.3, -0.25) is 4.98 Å². The monoisotopic (exact) mass is 303 g/mol. The van der Waals surface area contributed by atoms with Gasteiger partial charge < -0.3 is 20.8 Å². The van der Waals surface area contributed by atoms with Gasteiger partial charge in [0.15, 0.2) is 6.20 Å². The van der Waals surface area contributed by atoms with E-state index in [1.165, 1.54) is 12.4 Å². The smallest absolute Gasteiger partial charge is 0.212 e. The van der Waals surface area contributed by atoms with Gasteiger partial charge in [0.2, 0.25) is 5.69 Å². The van der Waals surface area contributed by atoms with E-state index in [1.807, 2.05) is 32.0 Å². The van der Waals surface area contributed by atoms with Crippen molar-refractivity contribution in [2.75, 3.05) is 0 Å². The predicted octanol–water partition coefficient (Wildman–Crippen LogP) is 1.07. The van der Waals surface area contributed by atoms with Crippen LogP contribution < -0.4 is 15.2 Å². The number of rotatable bonds is 3. The third-order valence-corrected chi connectivity index (χ3v) is 3.05. The van der Waals surface area contributed by atoms with E-state index >= 15 is 0 Å². The number of ether oxygens (including phenoxy) is 1. The Morgan fingerprint density at radius 3 is 2.77 bits per heavy atom. The Labute approximate surface area is 129 Å². The molecule has 0 amide bonds. The molecule has 1 aromatic heterocycles. The molecule has 6 nitrogen and oxygen atoms in total. The Bertz CT molecular complexity index is 617. The molecule has 1 aliphatic rings. The van der Waals surface area contributed by atoms with E-state index in [1.54, 1.807) is 6.20 Å². The standard InChI is InChI=1S/C8H13N3O.C8H8O2/c1-8(2,9)5-7-6-10-3-4-11(7)12;9-4-6-1-7-3-8(2-6)10-5-7/h3-4,6H,5,9H2,1-2H3;1-3,9H,4-5H2. The zero-order valence-corrected chi connectivity index (χ0v) is 12.8. The van der Waals surface area contributed by atoms with E-state index in [4.69, 9.17) is 15.6 Å². The molecule has 1 aromatic carbocycles. The van der Waals surface area contributed by atoms with Crippen LogP contribution >= 0.6 is 0 Å². The summed E-state index contributed by atoms with van der Waals surface area (Å²) in [5.74, 6) is 0.876. The fourth-order valence-electron chi connectivity index (χ4n) is 2.12. The van der Waals surface area contributed by atoms with Gasteiger partial charge in [-0.2, -0.15) is 4.73 Å². The van der Waals surface area contributed by atoms with E-state index in [0.29, 0.717) is 18.7 Å². The number of benzene rings is 1. The molecule has 22 heavy (non-hydrogen) atoms. The molecule has 3 rings (SSSR count). The molecular formula is C16H21N3O3. The molecule has 2 aromatic rings. The van der Waals surface area contributed by atoms with Crippen molar-refractivity contribution in [3.63, 3.8) is 0 Å². The average Bonchev–Trinajstić information content (AvgIpc) is 2.79. The molecule has 0 saturated heterocycles. The Hall–Kier alpha value is -2.18. The Balaban J connectivity index is 0.000000162. The van der Waals surface area contributed by atoms with Gasteiger partial charge in [0.25, 0.3) is 0 Å². The summed E-state index contributed by atoms with van der Waals surface area (Å²) in [7, 11) is 0. The minimum atomic E-state index is -0.366. The van der Waals surface area contributed by atoms with Gasteiger partial charge in [-0.05, 0) is 43.2 Å².